The number of alkyl halides is 3. The second-order valence-electron chi connectivity index (χ2n) is 5.70. The van der Waals surface area contributed by atoms with Crippen molar-refractivity contribution in [3.05, 3.63) is 35.1 Å². The van der Waals surface area contributed by atoms with Crippen LogP contribution in [0.25, 0.3) is 0 Å². The third-order valence-electron chi connectivity index (χ3n) is 4.29. The van der Waals surface area contributed by atoms with Gasteiger partial charge < -0.3 is 5.32 Å². The minimum atomic E-state index is -4.63. The Kier molecular flexibility index (Phi) is 5.25. The molecule has 1 saturated carbocycles. The molecule has 1 fully saturated rings. The average molecular weight is 303 g/mol. The van der Waals surface area contributed by atoms with Crippen LogP contribution in [-0.4, -0.2) is 13.1 Å². The molecule has 0 spiro atoms. The summed E-state index contributed by atoms with van der Waals surface area (Å²) in [6, 6.07) is 3.47. The smallest absolute Gasteiger partial charge is 0.317 e. The molecule has 1 nitrogen and oxygen atoms in total. The van der Waals surface area contributed by atoms with Crippen molar-refractivity contribution in [2.45, 2.75) is 44.7 Å². The molecule has 0 radical (unpaired) electrons. The molecule has 2 unspecified atom stereocenters. The van der Waals surface area contributed by atoms with Crippen LogP contribution in [0.1, 0.15) is 49.7 Å². The van der Waals surface area contributed by atoms with Crippen molar-refractivity contribution in [1.29, 1.82) is 0 Å². The summed E-state index contributed by atoms with van der Waals surface area (Å²) in [5.74, 6) is -0.782. The molecular weight excluding hydrogens is 282 g/mol. The number of hydrogen-bond acceptors (Lipinski definition) is 1. The highest BCUT2D eigenvalue weighted by atomic mass is 19.4. The highest BCUT2D eigenvalue weighted by Gasteiger charge is 2.35. The monoisotopic (exact) mass is 303 g/mol. The van der Waals surface area contributed by atoms with Gasteiger partial charge in [0.15, 0.2) is 0 Å². The SMILES string of the molecule is CCNCC1CCCCC1c1ccc(F)c(C(F)(F)F)c1. The van der Waals surface area contributed by atoms with Crippen LogP contribution < -0.4 is 5.32 Å². The van der Waals surface area contributed by atoms with E-state index >= 15 is 0 Å². The van der Waals surface area contributed by atoms with E-state index in [4.69, 9.17) is 0 Å². The maximum absolute atomic E-state index is 13.4. The van der Waals surface area contributed by atoms with Gasteiger partial charge in [-0.2, -0.15) is 13.2 Å². The number of nitrogens with one attached hydrogen (secondary N) is 1. The average Bonchev–Trinajstić information content (AvgIpc) is 2.45. The van der Waals surface area contributed by atoms with Crippen molar-refractivity contribution < 1.29 is 17.6 Å². The molecule has 21 heavy (non-hydrogen) atoms. The zero-order valence-electron chi connectivity index (χ0n) is 12.1. The Balaban J connectivity index is 2.26. The van der Waals surface area contributed by atoms with Crippen LogP contribution in [-0.2, 0) is 6.18 Å². The van der Waals surface area contributed by atoms with Gasteiger partial charge in [0.1, 0.15) is 5.82 Å². The third kappa shape index (κ3) is 3.96. The summed E-state index contributed by atoms with van der Waals surface area (Å²) in [5, 5.41) is 3.28. The lowest BCUT2D eigenvalue weighted by Gasteiger charge is -2.32. The second kappa shape index (κ2) is 6.77. The maximum Gasteiger partial charge on any atom is 0.419 e. The molecule has 1 aliphatic carbocycles. The Morgan fingerprint density at radius 1 is 1.19 bits per heavy atom. The third-order valence-corrected chi connectivity index (χ3v) is 4.29. The van der Waals surface area contributed by atoms with Gasteiger partial charge in [-0.1, -0.05) is 25.8 Å². The zero-order valence-corrected chi connectivity index (χ0v) is 12.1. The molecule has 1 aromatic rings. The van der Waals surface area contributed by atoms with Crippen LogP contribution in [0.15, 0.2) is 18.2 Å². The van der Waals surface area contributed by atoms with E-state index in [1.807, 2.05) is 6.92 Å². The molecule has 118 valence electrons. The molecule has 0 aliphatic heterocycles. The number of hydrogen-bond donors (Lipinski definition) is 1. The Bertz CT molecular complexity index is 470. The molecular formula is C16H21F4N. The highest BCUT2D eigenvalue weighted by Crippen LogP contribution is 2.40. The van der Waals surface area contributed by atoms with E-state index in [2.05, 4.69) is 5.32 Å². The molecule has 0 amide bonds. The summed E-state index contributed by atoms with van der Waals surface area (Å²) in [6.45, 7) is 3.66. The van der Waals surface area contributed by atoms with E-state index in [0.29, 0.717) is 11.5 Å². The lowest BCUT2D eigenvalue weighted by Crippen LogP contribution is -2.29. The largest absolute Gasteiger partial charge is 0.419 e. The molecule has 0 aromatic heterocycles. The van der Waals surface area contributed by atoms with E-state index in [9.17, 15) is 17.6 Å². The van der Waals surface area contributed by atoms with Crippen LogP contribution in [0.4, 0.5) is 17.6 Å². The van der Waals surface area contributed by atoms with Gasteiger partial charge in [-0.3, -0.25) is 0 Å². The minimum Gasteiger partial charge on any atom is -0.317 e. The van der Waals surface area contributed by atoms with Crippen molar-refractivity contribution in [2.75, 3.05) is 13.1 Å². The van der Waals surface area contributed by atoms with Crippen LogP contribution in [0.5, 0.6) is 0 Å². The van der Waals surface area contributed by atoms with Crippen molar-refractivity contribution in [3.63, 3.8) is 0 Å². The standard InChI is InChI=1S/C16H21F4N/c1-2-21-10-12-5-3-4-6-13(12)11-7-8-15(17)14(9-11)16(18,19)20/h7-9,12-13,21H,2-6,10H2,1H3. The van der Waals surface area contributed by atoms with Crippen molar-refractivity contribution in [3.8, 4) is 0 Å². The predicted octanol–water partition coefficient (Wildman–Crippen LogP) is 4.73. The van der Waals surface area contributed by atoms with E-state index in [1.54, 1.807) is 0 Å². The van der Waals surface area contributed by atoms with Gasteiger partial charge in [0, 0.05) is 0 Å². The van der Waals surface area contributed by atoms with Gasteiger partial charge in [0.25, 0.3) is 0 Å². The quantitative estimate of drug-likeness (QED) is 0.793. The first-order chi connectivity index (χ1) is 9.93. The molecule has 1 N–H and O–H groups in total. The van der Waals surface area contributed by atoms with Crippen molar-refractivity contribution in [2.24, 2.45) is 5.92 Å². The highest BCUT2D eigenvalue weighted by molar-refractivity contribution is 5.30. The fourth-order valence-electron chi connectivity index (χ4n) is 3.21. The van der Waals surface area contributed by atoms with Gasteiger partial charge in [0.2, 0.25) is 0 Å². The van der Waals surface area contributed by atoms with Crippen LogP contribution >= 0.6 is 0 Å². The molecule has 2 atom stereocenters. The van der Waals surface area contributed by atoms with Crippen LogP contribution in [0.3, 0.4) is 0 Å². The summed E-state index contributed by atoms with van der Waals surface area (Å²) in [5.41, 5.74) is -0.529. The van der Waals surface area contributed by atoms with Gasteiger partial charge in [-0.15, -0.1) is 0 Å². The maximum atomic E-state index is 13.4. The molecule has 1 aromatic carbocycles. The normalized spacial score (nSPS) is 23.3. The first-order valence-electron chi connectivity index (χ1n) is 7.50. The van der Waals surface area contributed by atoms with Gasteiger partial charge in [0.05, 0.1) is 5.56 Å². The summed E-state index contributed by atoms with van der Waals surface area (Å²) < 4.78 is 51.9. The summed E-state index contributed by atoms with van der Waals surface area (Å²) in [6.07, 6.45) is -0.618. The first-order valence-corrected chi connectivity index (χ1v) is 7.50. The summed E-state index contributed by atoms with van der Waals surface area (Å²) >= 11 is 0. The Labute approximate surface area is 122 Å². The van der Waals surface area contributed by atoms with Gasteiger partial charge >= 0.3 is 6.18 Å². The van der Waals surface area contributed by atoms with Crippen molar-refractivity contribution >= 4 is 0 Å². The molecule has 2 rings (SSSR count). The zero-order chi connectivity index (χ0) is 15.5. The predicted molar refractivity (Wildman–Crippen MR) is 74.6 cm³/mol. The summed E-state index contributed by atoms with van der Waals surface area (Å²) in [7, 11) is 0. The van der Waals surface area contributed by atoms with Crippen molar-refractivity contribution in [1.82, 2.24) is 5.32 Å². The molecule has 5 heteroatoms. The first kappa shape index (κ1) is 16.3. The van der Waals surface area contributed by atoms with E-state index in [1.165, 1.54) is 6.07 Å². The molecule has 0 bridgehead atoms. The van der Waals surface area contributed by atoms with E-state index in [-0.39, 0.29) is 5.92 Å². The van der Waals surface area contributed by atoms with Crippen LogP contribution in [0.2, 0.25) is 0 Å². The van der Waals surface area contributed by atoms with Gasteiger partial charge in [-0.05, 0) is 55.5 Å². The Morgan fingerprint density at radius 3 is 2.57 bits per heavy atom. The number of benzene rings is 1. The molecule has 0 saturated heterocycles. The van der Waals surface area contributed by atoms with Gasteiger partial charge in [-0.25, -0.2) is 4.39 Å². The number of rotatable bonds is 4. The summed E-state index contributed by atoms with van der Waals surface area (Å²) in [4.78, 5) is 0. The second-order valence-corrected chi connectivity index (χ2v) is 5.70. The lowest BCUT2D eigenvalue weighted by molar-refractivity contribution is -0.140. The fraction of sp³-hybridized carbons (Fsp3) is 0.625. The Hall–Kier alpha value is -1.10. The lowest BCUT2D eigenvalue weighted by atomic mass is 9.75. The fourth-order valence-corrected chi connectivity index (χ4v) is 3.21. The topological polar surface area (TPSA) is 12.0 Å². The minimum absolute atomic E-state index is 0.0829. The van der Waals surface area contributed by atoms with E-state index in [0.717, 1.165) is 50.9 Å². The molecule has 1 aliphatic rings. The number of halogens is 4. The Morgan fingerprint density at radius 2 is 1.90 bits per heavy atom. The van der Waals surface area contributed by atoms with Crippen LogP contribution in [0, 0.1) is 11.7 Å². The van der Waals surface area contributed by atoms with E-state index < -0.39 is 17.6 Å². The molecule has 0 heterocycles.